The van der Waals surface area contributed by atoms with Gasteiger partial charge in [-0.3, -0.25) is 9.59 Å². The number of carboxylic acids is 1. The van der Waals surface area contributed by atoms with Crippen LogP contribution in [0.1, 0.15) is 0 Å². The number of nitrogens with one attached hydrogen (secondary N) is 1. The Hall–Kier alpha value is -2.34. The molecule has 0 bridgehead atoms. The van der Waals surface area contributed by atoms with E-state index in [4.69, 9.17) is 9.84 Å². The molecule has 0 aliphatic carbocycles. The van der Waals surface area contributed by atoms with E-state index < -0.39 is 5.97 Å². The lowest BCUT2D eigenvalue weighted by Gasteiger charge is -2.22. The van der Waals surface area contributed by atoms with Crippen LogP contribution in [0.25, 0.3) is 10.8 Å². The van der Waals surface area contributed by atoms with Gasteiger partial charge < -0.3 is 19.7 Å². The van der Waals surface area contributed by atoms with Crippen molar-refractivity contribution in [2.45, 2.75) is 0 Å². The van der Waals surface area contributed by atoms with Crippen LogP contribution in [0.4, 0.5) is 5.82 Å². The number of H-pyrrole nitrogens is 1. The van der Waals surface area contributed by atoms with E-state index in [1.807, 2.05) is 12.1 Å². The Bertz CT molecular complexity index is 666. The third-order valence-electron chi connectivity index (χ3n) is 2.97. The zero-order chi connectivity index (χ0) is 14.5. The van der Waals surface area contributed by atoms with Gasteiger partial charge in [0.05, 0.1) is 6.61 Å². The van der Waals surface area contributed by atoms with Gasteiger partial charge in [0.1, 0.15) is 12.4 Å². The predicted octanol–water partition coefficient (Wildman–Crippen LogP) is 1.07. The van der Waals surface area contributed by atoms with Crippen LogP contribution in [0.15, 0.2) is 35.1 Å². The lowest BCUT2D eigenvalue weighted by molar-refractivity contribution is -0.135. The maximum Gasteiger partial charge on any atom is 0.323 e. The summed E-state index contributed by atoms with van der Waals surface area (Å²) in [5.41, 5.74) is -0.231. The van der Waals surface area contributed by atoms with Gasteiger partial charge in [-0.15, -0.1) is 0 Å². The molecule has 0 spiro atoms. The molecule has 0 unspecified atom stereocenters. The average Bonchev–Trinajstić information content (AvgIpc) is 2.43. The molecule has 0 amide bonds. The van der Waals surface area contributed by atoms with Gasteiger partial charge in [-0.2, -0.15) is 0 Å². The van der Waals surface area contributed by atoms with E-state index in [9.17, 15) is 9.59 Å². The quantitative estimate of drug-likeness (QED) is 0.824. The summed E-state index contributed by atoms with van der Waals surface area (Å²) in [5, 5.41) is 10.3. The molecule has 2 aromatic rings. The Labute approximate surface area is 115 Å². The van der Waals surface area contributed by atoms with Crippen LogP contribution < -0.4 is 10.5 Å². The third-order valence-corrected chi connectivity index (χ3v) is 2.97. The number of benzene rings is 1. The van der Waals surface area contributed by atoms with Crippen LogP contribution >= 0.6 is 0 Å². The number of carbonyl (C=O) groups is 1. The van der Waals surface area contributed by atoms with E-state index in [0.29, 0.717) is 24.4 Å². The maximum absolute atomic E-state index is 12.0. The summed E-state index contributed by atoms with van der Waals surface area (Å²) in [6.45, 7) is 0.566. The van der Waals surface area contributed by atoms with Crippen molar-refractivity contribution < 1.29 is 14.6 Å². The normalized spacial score (nSPS) is 10.7. The molecule has 1 aromatic carbocycles. The lowest BCUT2D eigenvalue weighted by atomic mass is 10.1. The number of nitrogens with zero attached hydrogens (tertiary/aromatic N) is 1. The molecule has 0 atom stereocenters. The van der Waals surface area contributed by atoms with E-state index in [-0.39, 0.29) is 12.1 Å². The molecule has 106 valence electrons. The number of methoxy groups -OCH3 is 1. The molecule has 0 saturated carbocycles. The summed E-state index contributed by atoms with van der Waals surface area (Å²) in [4.78, 5) is 27.2. The van der Waals surface area contributed by atoms with Gasteiger partial charge in [-0.25, -0.2) is 0 Å². The smallest absolute Gasteiger partial charge is 0.323 e. The van der Waals surface area contributed by atoms with Crippen LogP contribution in [-0.2, 0) is 9.53 Å². The highest BCUT2D eigenvalue weighted by molar-refractivity contribution is 5.84. The first kappa shape index (κ1) is 14.1. The Morgan fingerprint density at radius 3 is 2.85 bits per heavy atom. The Balaban J connectivity index is 2.41. The number of pyridine rings is 1. The molecule has 1 heterocycles. The molecule has 2 rings (SSSR count). The zero-order valence-electron chi connectivity index (χ0n) is 11.1. The number of ether oxygens (including phenoxy) is 1. The van der Waals surface area contributed by atoms with Gasteiger partial charge in [0, 0.05) is 19.0 Å². The Morgan fingerprint density at radius 1 is 1.40 bits per heavy atom. The largest absolute Gasteiger partial charge is 0.480 e. The number of aromatic nitrogens is 1. The minimum Gasteiger partial charge on any atom is -0.480 e. The highest BCUT2D eigenvalue weighted by Crippen LogP contribution is 2.16. The van der Waals surface area contributed by atoms with Gasteiger partial charge >= 0.3 is 5.97 Å². The molecule has 1 aromatic heterocycles. The standard InChI is InChI=1S/C14H16N2O4/c1-20-7-6-16(9-13(17)18)12-8-10-4-2-3-5-11(10)14(19)15-12/h2-5,8H,6-7,9H2,1H3,(H,15,19)(H,17,18). The van der Waals surface area contributed by atoms with E-state index in [1.165, 1.54) is 0 Å². The summed E-state index contributed by atoms with van der Waals surface area (Å²) in [7, 11) is 1.54. The summed E-state index contributed by atoms with van der Waals surface area (Å²) < 4.78 is 4.97. The fraction of sp³-hybridized carbons (Fsp3) is 0.286. The van der Waals surface area contributed by atoms with E-state index >= 15 is 0 Å². The van der Waals surface area contributed by atoms with Crippen molar-refractivity contribution in [2.75, 3.05) is 31.7 Å². The number of fused-ring (bicyclic) bond motifs is 1. The number of carboxylic acid groups (broad SMARTS) is 1. The van der Waals surface area contributed by atoms with E-state index in [0.717, 1.165) is 5.39 Å². The molecular formula is C14H16N2O4. The molecular weight excluding hydrogens is 260 g/mol. The summed E-state index contributed by atoms with van der Waals surface area (Å²) in [6.07, 6.45) is 0. The van der Waals surface area contributed by atoms with Gasteiger partial charge in [0.25, 0.3) is 5.56 Å². The van der Waals surface area contributed by atoms with Crippen molar-refractivity contribution >= 4 is 22.6 Å². The van der Waals surface area contributed by atoms with Gasteiger partial charge in [-0.1, -0.05) is 18.2 Å². The Kier molecular flexibility index (Phi) is 4.37. The fourth-order valence-corrected chi connectivity index (χ4v) is 2.02. The van der Waals surface area contributed by atoms with Crippen LogP contribution in [0.3, 0.4) is 0 Å². The van der Waals surface area contributed by atoms with E-state index in [2.05, 4.69) is 4.98 Å². The fourth-order valence-electron chi connectivity index (χ4n) is 2.02. The molecule has 0 radical (unpaired) electrons. The van der Waals surface area contributed by atoms with Crippen molar-refractivity contribution in [1.82, 2.24) is 4.98 Å². The van der Waals surface area contributed by atoms with Crippen LogP contribution in [0, 0.1) is 0 Å². The number of hydrogen-bond donors (Lipinski definition) is 2. The molecule has 2 N–H and O–H groups in total. The third kappa shape index (κ3) is 3.16. The second-order valence-corrected chi connectivity index (χ2v) is 4.38. The molecule has 20 heavy (non-hydrogen) atoms. The summed E-state index contributed by atoms with van der Waals surface area (Å²) >= 11 is 0. The second kappa shape index (κ2) is 6.21. The van der Waals surface area contributed by atoms with Crippen LogP contribution in [-0.4, -0.2) is 42.9 Å². The molecule has 6 nitrogen and oxygen atoms in total. The predicted molar refractivity (Wildman–Crippen MR) is 76.3 cm³/mol. The number of rotatable bonds is 6. The monoisotopic (exact) mass is 276 g/mol. The van der Waals surface area contributed by atoms with Crippen molar-refractivity contribution in [3.8, 4) is 0 Å². The minimum atomic E-state index is -0.963. The van der Waals surface area contributed by atoms with Crippen LogP contribution in [0.5, 0.6) is 0 Å². The topological polar surface area (TPSA) is 82.6 Å². The highest BCUT2D eigenvalue weighted by Gasteiger charge is 2.12. The number of anilines is 1. The average molecular weight is 276 g/mol. The summed E-state index contributed by atoms with van der Waals surface area (Å²) in [6, 6.07) is 8.95. The number of aliphatic carboxylic acids is 1. The van der Waals surface area contributed by atoms with Crippen molar-refractivity contribution in [3.63, 3.8) is 0 Å². The van der Waals surface area contributed by atoms with Gasteiger partial charge in [0.15, 0.2) is 0 Å². The molecule has 0 aliphatic heterocycles. The van der Waals surface area contributed by atoms with Crippen molar-refractivity contribution in [3.05, 3.63) is 40.7 Å². The second-order valence-electron chi connectivity index (χ2n) is 4.38. The SMILES string of the molecule is COCCN(CC(=O)O)c1cc2ccccc2c(=O)[nH]1. The van der Waals surface area contributed by atoms with Crippen molar-refractivity contribution in [1.29, 1.82) is 0 Å². The van der Waals surface area contributed by atoms with Gasteiger partial charge in [-0.05, 0) is 17.5 Å². The Morgan fingerprint density at radius 2 is 2.15 bits per heavy atom. The number of aromatic amines is 1. The zero-order valence-corrected chi connectivity index (χ0v) is 11.1. The molecule has 0 saturated heterocycles. The first-order valence-electron chi connectivity index (χ1n) is 6.19. The number of hydrogen-bond acceptors (Lipinski definition) is 4. The highest BCUT2D eigenvalue weighted by atomic mass is 16.5. The maximum atomic E-state index is 12.0. The van der Waals surface area contributed by atoms with Crippen molar-refractivity contribution in [2.24, 2.45) is 0 Å². The molecule has 6 heteroatoms. The minimum absolute atomic E-state index is 0.197. The first-order valence-corrected chi connectivity index (χ1v) is 6.19. The van der Waals surface area contributed by atoms with Crippen LogP contribution in [0.2, 0.25) is 0 Å². The van der Waals surface area contributed by atoms with Gasteiger partial charge in [0.2, 0.25) is 0 Å². The first-order chi connectivity index (χ1) is 9.61. The lowest BCUT2D eigenvalue weighted by Crippen LogP contribution is -2.34. The summed E-state index contributed by atoms with van der Waals surface area (Å²) in [5.74, 6) is -0.483. The van der Waals surface area contributed by atoms with E-state index in [1.54, 1.807) is 30.2 Å². The molecule has 0 aliphatic rings. The molecule has 0 fully saturated rings.